The van der Waals surface area contributed by atoms with Crippen molar-refractivity contribution in [1.29, 1.82) is 0 Å². The number of aryl methyl sites for hydroxylation is 1. The van der Waals surface area contributed by atoms with Crippen LogP contribution in [0.4, 0.5) is 14.5 Å². The van der Waals surface area contributed by atoms with Crippen LogP contribution in [0, 0.1) is 24.0 Å². The Morgan fingerprint density at radius 2 is 1.75 bits per heavy atom. The predicted molar refractivity (Wildman–Crippen MR) is 244 cm³/mol. The van der Waals surface area contributed by atoms with E-state index in [1.807, 2.05) is 52.0 Å². The van der Waals surface area contributed by atoms with Gasteiger partial charge in [0.05, 0.1) is 66.1 Å². The number of halogens is 2. The number of hydrogen-bond acceptors (Lipinski definition) is 13. The molecule has 2 aromatic carbocycles. The number of amides is 5. The van der Waals surface area contributed by atoms with Crippen LogP contribution >= 0.6 is 11.3 Å². The second-order valence-electron chi connectivity index (χ2n) is 17.9. The van der Waals surface area contributed by atoms with Crippen molar-refractivity contribution in [3.05, 3.63) is 100 Å². The number of thiazole rings is 1. The van der Waals surface area contributed by atoms with Crippen molar-refractivity contribution in [2.45, 2.75) is 110 Å². The molecule has 3 atom stereocenters. The topological polar surface area (TPSA) is 248 Å². The number of H-pyrrole nitrogens is 1. The van der Waals surface area contributed by atoms with Gasteiger partial charge in [0.2, 0.25) is 17.7 Å². The van der Waals surface area contributed by atoms with Crippen molar-refractivity contribution in [2.75, 3.05) is 25.1 Å². The zero-order valence-electron chi connectivity index (χ0n) is 38.1. The van der Waals surface area contributed by atoms with E-state index in [1.165, 1.54) is 11.1 Å². The first-order chi connectivity index (χ1) is 32.5. The number of anilines is 1. The Morgan fingerprint density at radius 1 is 1.01 bits per heavy atom. The van der Waals surface area contributed by atoms with Gasteiger partial charge in [-0.15, -0.1) is 16.4 Å². The second-order valence-corrected chi connectivity index (χ2v) is 18.8. The van der Waals surface area contributed by atoms with Crippen molar-refractivity contribution in [3.63, 3.8) is 0 Å². The first kappa shape index (κ1) is 49.4. The maximum Gasteiger partial charge on any atom is 0.271 e. The number of benzene rings is 2. The summed E-state index contributed by atoms with van der Waals surface area (Å²) in [5, 5.41) is 36.1. The van der Waals surface area contributed by atoms with Crippen LogP contribution in [0.1, 0.15) is 90.7 Å². The highest BCUT2D eigenvalue weighted by atomic mass is 32.1. The Hall–Kier alpha value is -6.49. The molecule has 4 heterocycles. The Morgan fingerprint density at radius 3 is 2.44 bits per heavy atom. The third kappa shape index (κ3) is 12.5. The first-order valence-corrected chi connectivity index (χ1v) is 23.1. The lowest BCUT2D eigenvalue weighted by Gasteiger charge is -2.35. The number of ether oxygens (including phenoxy) is 2. The average molecular weight is 960 g/mol. The lowest BCUT2D eigenvalue weighted by atomic mass is 9.85. The van der Waals surface area contributed by atoms with Gasteiger partial charge in [0, 0.05) is 25.6 Å². The van der Waals surface area contributed by atoms with Gasteiger partial charge in [-0.05, 0) is 61.3 Å². The number of β-amino-alcohol motifs (C(OH)–C–C–N with tert-alkyl or cyclic N) is 1. The summed E-state index contributed by atoms with van der Waals surface area (Å²) in [5.41, 5.74) is 3.66. The molecule has 2 fully saturated rings. The van der Waals surface area contributed by atoms with E-state index in [-0.39, 0.29) is 69.4 Å². The number of carbonyl (C=O) groups excluding carboxylic acids is 5. The smallest absolute Gasteiger partial charge is 0.271 e. The van der Waals surface area contributed by atoms with Gasteiger partial charge in [-0.25, -0.2) is 18.4 Å². The van der Waals surface area contributed by atoms with Crippen LogP contribution in [0.15, 0.2) is 60.4 Å². The van der Waals surface area contributed by atoms with Gasteiger partial charge in [0.15, 0.2) is 0 Å². The van der Waals surface area contributed by atoms with E-state index < -0.39 is 70.3 Å². The van der Waals surface area contributed by atoms with Crippen molar-refractivity contribution in [3.8, 4) is 10.4 Å². The number of carbonyl (C=O) groups is 5. The average Bonchev–Trinajstić information content (AvgIpc) is 4.14. The Labute approximate surface area is 394 Å². The number of aromatic nitrogens is 6. The molecule has 362 valence electrons. The largest absolute Gasteiger partial charge is 0.391 e. The lowest BCUT2D eigenvalue weighted by molar-refractivity contribution is -0.144. The van der Waals surface area contributed by atoms with Crippen LogP contribution in [0.2, 0.25) is 0 Å². The molecule has 19 nitrogen and oxygen atoms in total. The quantitative estimate of drug-likeness (QED) is 0.0682. The highest BCUT2D eigenvalue weighted by Crippen LogP contribution is 2.29. The third-order valence-electron chi connectivity index (χ3n) is 11.8. The number of hydrogen-bond donors (Lipinski definition) is 6. The number of nitrogens with zero attached hydrogens (tertiary/aromatic N) is 6. The van der Waals surface area contributed by atoms with Crippen LogP contribution in [0.25, 0.3) is 10.4 Å². The Bertz CT molecular complexity index is 2550. The van der Waals surface area contributed by atoms with Gasteiger partial charge in [-0.2, -0.15) is 5.10 Å². The molecular formula is C46H55F2N11O8S. The summed E-state index contributed by atoms with van der Waals surface area (Å²) in [6, 6.07) is 8.76. The minimum Gasteiger partial charge on any atom is -0.391 e. The van der Waals surface area contributed by atoms with Gasteiger partial charge in [-0.3, -0.25) is 29.1 Å². The number of aromatic amines is 1. The molecule has 6 N–H and O–H groups in total. The van der Waals surface area contributed by atoms with Crippen molar-refractivity contribution < 1.29 is 47.3 Å². The number of aliphatic hydroxyl groups excluding tert-OH is 1. The fourth-order valence-electron chi connectivity index (χ4n) is 8.11. The van der Waals surface area contributed by atoms with Gasteiger partial charge >= 0.3 is 0 Å². The third-order valence-corrected chi connectivity index (χ3v) is 12.8. The molecule has 1 aliphatic heterocycles. The highest BCUT2D eigenvalue weighted by Gasteiger charge is 2.44. The molecule has 1 aliphatic carbocycles. The summed E-state index contributed by atoms with van der Waals surface area (Å²) < 4.78 is 41.5. The summed E-state index contributed by atoms with van der Waals surface area (Å²) >= 11 is 1.56. The molecule has 1 saturated carbocycles. The number of rotatable bonds is 18. The molecule has 0 spiro atoms. The number of nitrogens with one attached hydrogen (secondary N) is 5. The molecule has 5 amide bonds. The first-order valence-electron chi connectivity index (χ1n) is 22.3. The minimum atomic E-state index is -1.05. The second kappa shape index (κ2) is 22.1. The Balaban J connectivity index is 0.800. The van der Waals surface area contributed by atoms with Gasteiger partial charge in [0.25, 0.3) is 11.8 Å². The van der Waals surface area contributed by atoms with E-state index >= 15 is 0 Å². The molecule has 0 radical (unpaired) electrons. The van der Waals surface area contributed by atoms with Gasteiger partial charge < -0.3 is 40.7 Å². The molecule has 2 aliphatic rings. The molecule has 5 aromatic rings. The normalized spacial score (nSPS) is 18.8. The van der Waals surface area contributed by atoms with Crippen molar-refractivity contribution >= 4 is 46.6 Å². The highest BCUT2D eigenvalue weighted by molar-refractivity contribution is 7.13. The maximum absolute atomic E-state index is 14.1. The van der Waals surface area contributed by atoms with E-state index in [4.69, 9.17) is 9.47 Å². The zero-order chi connectivity index (χ0) is 48.5. The maximum atomic E-state index is 14.1. The molecule has 22 heteroatoms. The monoisotopic (exact) mass is 959 g/mol. The molecule has 1 saturated heterocycles. The molecule has 68 heavy (non-hydrogen) atoms. The molecule has 7 rings (SSSR count). The van der Waals surface area contributed by atoms with E-state index in [2.05, 4.69) is 46.8 Å². The van der Waals surface area contributed by atoms with E-state index in [0.717, 1.165) is 39.9 Å². The summed E-state index contributed by atoms with van der Waals surface area (Å²) in [5.74, 6) is -5.05. The summed E-state index contributed by atoms with van der Waals surface area (Å²) in [7, 11) is 0. The van der Waals surface area contributed by atoms with Gasteiger partial charge in [0.1, 0.15) is 47.3 Å². The summed E-state index contributed by atoms with van der Waals surface area (Å²) in [6.07, 6.45) is 4.49. The van der Waals surface area contributed by atoms with Crippen LogP contribution in [-0.4, -0.2) is 120 Å². The predicted octanol–water partition coefficient (Wildman–Crippen LogP) is 4.05. The van der Waals surface area contributed by atoms with E-state index in [0.29, 0.717) is 31.4 Å². The number of aliphatic hydroxyl groups is 1. The van der Waals surface area contributed by atoms with Crippen molar-refractivity contribution in [2.24, 2.45) is 5.41 Å². The van der Waals surface area contributed by atoms with E-state index in [1.54, 1.807) is 27.7 Å². The summed E-state index contributed by atoms with van der Waals surface area (Å²) in [6.45, 7) is 7.83. The minimum absolute atomic E-state index is 0.0219. The molecule has 0 bridgehead atoms. The standard InChI is InChI=1S/C46H55F2N11O8S/c1-26-40(68-25-50-26)28-10-8-27(9-11-28)19-49-42(62)36-18-31(60)22-59(36)45(65)41(46(2,3)4)54-37(61)24-66-17-16-58-21-30(55-57-58)23-67-32-14-12-29(13-15-32)52-44(64)39-35(20-51-56-39)53-43(63)38-33(47)6-5-7-34(38)48/h5-11,20-21,25,29,31-32,36,41,60H,12-19,22-24H2,1-4H3,(H,49,62)(H,51,56)(H,52,64)(H,53,63)(H,54,61)/t29?,31-,32?,36+,41-/m1/s1. The fraction of sp³-hybridized carbons (Fsp3) is 0.457. The summed E-state index contributed by atoms with van der Waals surface area (Å²) in [4.78, 5) is 72.9. The van der Waals surface area contributed by atoms with Crippen LogP contribution in [0.5, 0.6) is 0 Å². The van der Waals surface area contributed by atoms with Crippen LogP contribution in [0.3, 0.4) is 0 Å². The molecule has 3 aromatic heterocycles. The Kier molecular flexibility index (Phi) is 16.0. The van der Waals surface area contributed by atoms with Crippen LogP contribution < -0.4 is 21.3 Å². The number of likely N-dealkylation sites (tertiary alicyclic amines) is 1. The SMILES string of the molecule is Cc1ncsc1-c1ccc(CNC(=O)[C@@H]2C[C@@H](O)CN2C(=O)[C@@H](NC(=O)COCCn2cc(COC3CCC(NC(=O)c4[nH]ncc4NC(=O)c4c(F)cccc4F)CC3)nn2)C(C)(C)C)cc1. The van der Waals surface area contributed by atoms with Crippen molar-refractivity contribution in [1.82, 2.24) is 51.0 Å². The molecule has 0 unspecified atom stereocenters. The molecular weight excluding hydrogens is 905 g/mol. The fourth-order valence-corrected chi connectivity index (χ4v) is 8.92. The zero-order valence-corrected chi connectivity index (χ0v) is 38.9. The van der Waals surface area contributed by atoms with E-state index in [9.17, 15) is 37.9 Å². The lowest BCUT2D eigenvalue weighted by Crippen LogP contribution is -2.58. The van der Waals surface area contributed by atoms with Gasteiger partial charge in [-0.1, -0.05) is 56.3 Å². The van der Waals surface area contributed by atoms with Crippen LogP contribution in [-0.2, 0) is 43.6 Å².